The summed E-state index contributed by atoms with van der Waals surface area (Å²) in [7, 11) is -1.64. The van der Waals surface area contributed by atoms with Crippen molar-refractivity contribution in [3.8, 4) is 0 Å². The Morgan fingerprint density at radius 2 is 2.11 bits per heavy atom. The maximum absolute atomic E-state index is 13.1. The van der Waals surface area contributed by atoms with Crippen molar-refractivity contribution in [3.63, 3.8) is 0 Å². The molecule has 1 saturated heterocycles. The zero-order valence-corrected chi connectivity index (χ0v) is 10.2. The molecule has 1 aromatic rings. The van der Waals surface area contributed by atoms with Crippen molar-refractivity contribution in [3.05, 3.63) is 29.6 Å². The summed E-state index contributed by atoms with van der Waals surface area (Å²) in [5.74, 6) is -0.457. The summed E-state index contributed by atoms with van der Waals surface area (Å²) in [4.78, 5) is 2.17. The van der Waals surface area contributed by atoms with Gasteiger partial charge in [0, 0.05) is 26.2 Å². The van der Waals surface area contributed by atoms with Crippen LogP contribution < -0.4 is 5.46 Å². The average molecular weight is 253 g/mol. The van der Waals surface area contributed by atoms with Gasteiger partial charge in [0.1, 0.15) is 5.82 Å². The van der Waals surface area contributed by atoms with E-state index in [0.717, 1.165) is 31.7 Å². The van der Waals surface area contributed by atoms with E-state index in [4.69, 9.17) is 4.74 Å². The highest BCUT2D eigenvalue weighted by molar-refractivity contribution is 6.59. The molecular weight excluding hydrogens is 236 g/mol. The first kappa shape index (κ1) is 13.5. The molecule has 4 nitrogen and oxygen atoms in total. The Hall–Kier alpha value is -0.945. The number of halogens is 1. The van der Waals surface area contributed by atoms with Crippen LogP contribution >= 0.6 is 0 Å². The zero-order chi connectivity index (χ0) is 13.0. The summed E-state index contributed by atoms with van der Waals surface area (Å²) in [5, 5.41) is 18.5. The van der Waals surface area contributed by atoms with E-state index in [1.54, 1.807) is 6.07 Å². The molecule has 0 atom stereocenters. The highest BCUT2D eigenvalue weighted by Crippen LogP contribution is 2.08. The van der Waals surface area contributed by atoms with Crippen LogP contribution in [-0.4, -0.2) is 48.4 Å². The maximum Gasteiger partial charge on any atom is 0.488 e. The van der Waals surface area contributed by atoms with Crippen LogP contribution in [0.3, 0.4) is 0 Å². The normalized spacial score (nSPS) is 17.5. The van der Waals surface area contributed by atoms with Crippen LogP contribution in [0.1, 0.15) is 12.0 Å². The van der Waals surface area contributed by atoms with Crippen LogP contribution in [0.4, 0.5) is 4.39 Å². The van der Waals surface area contributed by atoms with Gasteiger partial charge >= 0.3 is 7.12 Å². The predicted octanol–water partition coefficient (Wildman–Crippen LogP) is -0.272. The third-order valence-electron chi connectivity index (χ3n) is 3.09. The summed E-state index contributed by atoms with van der Waals surface area (Å²) in [5.41, 5.74) is 0.980. The van der Waals surface area contributed by atoms with Gasteiger partial charge in [-0.2, -0.15) is 0 Å². The fourth-order valence-corrected chi connectivity index (χ4v) is 2.15. The van der Waals surface area contributed by atoms with Gasteiger partial charge in [0.25, 0.3) is 0 Å². The SMILES string of the molecule is OB(O)c1cc(F)ccc1CN1CCCOCC1. The number of hydrogen-bond acceptors (Lipinski definition) is 4. The van der Waals surface area contributed by atoms with Gasteiger partial charge in [0.15, 0.2) is 0 Å². The first-order valence-electron chi connectivity index (χ1n) is 6.11. The minimum atomic E-state index is -1.64. The standard InChI is InChI=1S/C12H17BFNO3/c14-11-3-2-10(12(8-11)13(16)17)9-15-4-1-6-18-7-5-15/h2-3,8,16-17H,1,4-7,9H2. The Kier molecular flexibility index (Phi) is 4.71. The predicted molar refractivity (Wildman–Crippen MR) is 66.9 cm³/mol. The average Bonchev–Trinajstić information content (AvgIpc) is 2.60. The van der Waals surface area contributed by atoms with Gasteiger partial charge < -0.3 is 14.8 Å². The van der Waals surface area contributed by atoms with Crippen molar-refractivity contribution in [2.75, 3.05) is 26.3 Å². The Labute approximate surface area is 106 Å². The molecule has 6 heteroatoms. The van der Waals surface area contributed by atoms with Gasteiger partial charge in [-0.1, -0.05) is 6.07 Å². The molecule has 0 bridgehead atoms. The summed E-state index contributed by atoms with van der Waals surface area (Å²) < 4.78 is 18.5. The summed E-state index contributed by atoms with van der Waals surface area (Å²) in [6.45, 7) is 3.72. The second-order valence-corrected chi connectivity index (χ2v) is 4.46. The van der Waals surface area contributed by atoms with Crippen LogP contribution in [0, 0.1) is 5.82 Å². The largest absolute Gasteiger partial charge is 0.488 e. The molecule has 1 fully saturated rings. The number of benzene rings is 1. The smallest absolute Gasteiger partial charge is 0.423 e. The minimum absolute atomic E-state index is 0.236. The minimum Gasteiger partial charge on any atom is -0.423 e. The zero-order valence-electron chi connectivity index (χ0n) is 10.2. The van der Waals surface area contributed by atoms with Gasteiger partial charge in [-0.05, 0) is 29.6 Å². The van der Waals surface area contributed by atoms with Crippen molar-refractivity contribution in [1.29, 1.82) is 0 Å². The van der Waals surface area contributed by atoms with Crippen LogP contribution in [0.15, 0.2) is 18.2 Å². The molecule has 2 rings (SSSR count). The van der Waals surface area contributed by atoms with Gasteiger partial charge in [0.05, 0.1) is 6.61 Å². The van der Waals surface area contributed by atoms with Crippen molar-refractivity contribution in [2.24, 2.45) is 0 Å². The molecule has 18 heavy (non-hydrogen) atoms. The van der Waals surface area contributed by atoms with Crippen molar-refractivity contribution >= 4 is 12.6 Å². The van der Waals surface area contributed by atoms with Crippen LogP contribution in [0.25, 0.3) is 0 Å². The van der Waals surface area contributed by atoms with E-state index in [-0.39, 0.29) is 5.46 Å². The van der Waals surface area contributed by atoms with Crippen molar-refractivity contribution in [1.82, 2.24) is 4.90 Å². The van der Waals surface area contributed by atoms with Gasteiger partial charge in [-0.15, -0.1) is 0 Å². The lowest BCUT2D eigenvalue weighted by atomic mass is 9.77. The Balaban J connectivity index is 2.12. The molecule has 0 radical (unpaired) electrons. The second-order valence-electron chi connectivity index (χ2n) is 4.46. The fourth-order valence-electron chi connectivity index (χ4n) is 2.15. The summed E-state index contributed by atoms with van der Waals surface area (Å²) >= 11 is 0. The lowest BCUT2D eigenvalue weighted by molar-refractivity contribution is 0.140. The topological polar surface area (TPSA) is 52.9 Å². The molecule has 0 unspecified atom stereocenters. The number of hydrogen-bond donors (Lipinski definition) is 2. The first-order chi connectivity index (χ1) is 8.66. The molecule has 0 spiro atoms. The van der Waals surface area contributed by atoms with Gasteiger partial charge in [-0.3, -0.25) is 4.90 Å². The van der Waals surface area contributed by atoms with Crippen LogP contribution in [-0.2, 0) is 11.3 Å². The number of ether oxygens (including phenoxy) is 1. The van der Waals surface area contributed by atoms with E-state index in [9.17, 15) is 14.4 Å². The van der Waals surface area contributed by atoms with E-state index in [1.807, 2.05) is 0 Å². The highest BCUT2D eigenvalue weighted by atomic mass is 19.1. The molecule has 98 valence electrons. The molecule has 0 saturated carbocycles. The van der Waals surface area contributed by atoms with Crippen LogP contribution in [0.5, 0.6) is 0 Å². The van der Waals surface area contributed by atoms with E-state index in [2.05, 4.69) is 4.90 Å². The van der Waals surface area contributed by atoms with Gasteiger partial charge in [0.2, 0.25) is 0 Å². The van der Waals surface area contributed by atoms with E-state index in [1.165, 1.54) is 12.1 Å². The first-order valence-corrected chi connectivity index (χ1v) is 6.11. The molecule has 1 aromatic carbocycles. The molecule has 1 heterocycles. The maximum atomic E-state index is 13.1. The molecular formula is C12H17BFNO3. The molecule has 0 amide bonds. The highest BCUT2D eigenvalue weighted by Gasteiger charge is 2.19. The third-order valence-corrected chi connectivity index (χ3v) is 3.09. The van der Waals surface area contributed by atoms with Crippen molar-refractivity contribution < 1.29 is 19.2 Å². The monoisotopic (exact) mass is 253 g/mol. The lowest BCUT2D eigenvalue weighted by Crippen LogP contribution is -2.36. The molecule has 1 aliphatic rings. The van der Waals surface area contributed by atoms with E-state index >= 15 is 0 Å². The van der Waals surface area contributed by atoms with Crippen molar-refractivity contribution in [2.45, 2.75) is 13.0 Å². The molecule has 2 N–H and O–H groups in total. The second kappa shape index (κ2) is 6.29. The van der Waals surface area contributed by atoms with E-state index < -0.39 is 12.9 Å². The van der Waals surface area contributed by atoms with Crippen LogP contribution in [0.2, 0.25) is 0 Å². The summed E-state index contributed by atoms with van der Waals surface area (Å²) in [6, 6.07) is 4.12. The van der Waals surface area contributed by atoms with E-state index in [0.29, 0.717) is 13.2 Å². The Morgan fingerprint density at radius 3 is 2.89 bits per heavy atom. The molecule has 0 aliphatic carbocycles. The number of nitrogens with zero attached hydrogens (tertiary/aromatic N) is 1. The lowest BCUT2D eigenvalue weighted by Gasteiger charge is -2.20. The Morgan fingerprint density at radius 1 is 1.28 bits per heavy atom. The third kappa shape index (κ3) is 3.52. The fraction of sp³-hybridized carbons (Fsp3) is 0.500. The quantitative estimate of drug-likeness (QED) is 0.728. The Bertz CT molecular complexity index is 395. The van der Waals surface area contributed by atoms with Gasteiger partial charge in [-0.25, -0.2) is 4.39 Å². The molecule has 1 aliphatic heterocycles. The number of rotatable bonds is 3. The molecule has 0 aromatic heterocycles. The summed E-state index contributed by atoms with van der Waals surface area (Å²) in [6.07, 6.45) is 0.957.